The molecule has 86 valence electrons. The van der Waals surface area contributed by atoms with Gasteiger partial charge in [-0.2, -0.15) is 5.48 Å². The normalized spacial score (nSPS) is 36.2. The lowest BCUT2D eigenvalue weighted by Crippen LogP contribution is -2.42. The van der Waals surface area contributed by atoms with Gasteiger partial charge in [0.2, 0.25) is 0 Å². The van der Waals surface area contributed by atoms with Crippen LogP contribution in [0, 0.1) is 5.92 Å². The number of fused-ring (bicyclic) bond motifs is 1. The average Bonchev–Trinajstić information content (AvgIpc) is 2.98. The van der Waals surface area contributed by atoms with Crippen LogP contribution in [0.25, 0.3) is 0 Å². The highest BCUT2D eigenvalue weighted by Gasteiger charge is 2.61. The number of alkyl halides is 1. The van der Waals surface area contributed by atoms with E-state index in [2.05, 4.69) is 21.4 Å². The van der Waals surface area contributed by atoms with E-state index in [0.29, 0.717) is 5.02 Å². The van der Waals surface area contributed by atoms with Gasteiger partial charge in [0.05, 0.1) is 6.10 Å². The van der Waals surface area contributed by atoms with Crippen LogP contribution < -0.4 is 5.48 Å². The van der Waals surface area contributed by atoms with Crippen LogP contribution in [-0.4, -0.2) is 12.8 Å². The summed E-state index contributed by atoms with van der Waals surface area (Å²) in [6.07, 6.45) is 1.05. The first kappa shape index (κ1) is 11.0. The SMILES string of the molecule is FC[C@]1(c2cc(Br)ccc2Cl)NO[C@@H]2CC21. The summed E-state index contributed by atoms with van der Waals surface area (Å²) >= 11 is 9.53. The van der Waals surface area contributed by atoms with Crippen LogP contribution in [0.2, 0.25) is 5.02 Å². The highest BCUT2D eigenvalue weighted by Crippen LogP contribution is 2.54. The molecule has 0 spiro atoms. The molecule has 1 saturated carbocycles. The molecule has 0 bridgehead atoms. The summed E-state index contributed by atoms with van der Waals surface area (Å²) < 4.78 is 14.3. The average molecular weight is 307 g/mol. The number of nitrogens with one attached hydrogen (secondary N) is 1. The van der Waals surface area contributed by atoms with Crippen LogP contribution in [0.1, 0.15) is 12.0 Å². The summed E-state index contributed by atoms with van der Waals surface area (Å²) in [5.74, 6) is 0.198. The number of benzene rings is 1. The first-order chi connectivity index (χ1) is 7.67. The third kappa shape index (κ3) is 1.44. The molecule has 2 nitrogen and oxygen atoms in total. The maximum atomic E-state index is 13.4. The number of hydrogen-bond acceptors (Lipinski definition) is 2. The Morgan fingerprint density at radius 3 is 3.00 bits per heavy atom. The van der Waals surface area contributed by atoms with Crippen molar-refractivity contribution >= 4 is 27.5 Å². The second kappa shape index (κ2) is 3.67. The fraction of sp³-hybridized carbons (Fsp3) is 0.455. The van der Waals surface area contributed by atoms with Gasteiger partial charge in [-0.1, -0.05) is 27.5 Å². The zero-order valence-corrected chi connectivity index (χ0v) is 10.7. The third-order valence-electron chi connectivity index (χ3n) is 3.38. The predicted molar refractivity (Wildman–Crippen MR) is 62.9 cm³/mol. The summed E-state index contributed by atoms with van der Waals surface area (Å²) in [7, 11) is 0. The molecule has 1 aliphatic carbocycles. The summed E-state index contributed by atoms with van der Waals surface area (Å²) in [6.45, 7) is -0.510. The maximum absolute atomic E-state index is 13.4. The van der Waals surface area contributed by atoms with Crippen molar-refractivity contribution in [1.82, 2.24) is 5.48 Å². The first-order valence-corrected chi connectivity index (χ1v) is 6.29. The highest BCUT2D eigenvalue weighted by atomic mass is 79.9. The molecule has 1 aliphatic heterocycles. The Morgan fingerprint density at radius 2 is 2.44 bits per heavy atom. The minimum atomic E-state index is -0.758. The smallest absolute Gasteiger partial charge is 0.114 e. The monoisotopic (exact) mass is 305 g/mol. The maximum Gasteiger partial charge on any atom is 0.114 e. The van der Waals surface area contributed by atoms with Gasteiger partial charge in [0, 0.05) is 15.4 Å². The van der Waals surface area contributed by atoms with Crippen molar-refractivity contribution in [3.8, 4) is 0 Å². The molecule has 1 aromatic rings. The van der Waals surface area contributed by atoms with Crippen LogP contribution >= 0.6 is 27.5 Å². The van der Waals surface area contributed by atoms with Crippen LogP contribution in [0.3, 0.4) is 0 Å². The fourth-order valence-corrected chi connectivity index (χ4v) is 3.02. The van der Waals surface area contributed by atoms with E-state index in [4.69, 9.17) is 16.4 Å². The summed E-state index contributed by atoms with van der Waals surface area (Å²) in [6, 6.07) is 5.48. The second-order valence-corrected chi connectivity index (χ2v) is 5.65. The van der Waals surface area contributed by atoms with Crippen molar-refractivity contribution in [1.29, 1.82) is 0 Å². The highest BCUT2D eigenvalue weighted by molar-refractivity contribution is 9.10. The van der Waals surface area contributed by atoms with E-state index in [-0.39, 0.29) is 12.0 Å². The summed E-state index contributed by atoms with van der Waals surface area (Å²) in [5, 5.41) is 0.574. The van der Waals surface area contributed by atoms with Gasteiger partial charge in [-0.05, 0) is 30.2 Å². The molecule has 1 saturated heterocycles. The van der Waals surface area contributed by atoms with Crippen molar-refractivity contribution in [2.45, 2.75) is 18.1 Å². The Morgan fingerprint density at radius 1 is 1.62 bits per heavy atom. The van der Waals surface area contributed by atoms with E-state index < -0.39 is 12.2 Å². The molecule has 0 radical (unpaired) electrons. The lowest BCUT2D eigenvalue weighted by atomic mass is 9.87. The van der Waals surface area contributed by atoms with E-state index in [1.807, 2.05) is 12.1 Å². The van der Waals surface area contributed by atoms with E-state index in [1.165, 1.54) is 0 Å². The molecular formula is C11H10BrClFNO. The predicted octanol–water partition coefficient (Wildman–Crippen LogP) is 3.19. The van der Waals surface area contributed by atoms with Gasteiger partial charge < -0.3 is 0 Å². The number of hydrogen-bond donors (Lipinski definition) is 1. The standard InChI is InChI=1S/C11H10BrClFNO/c12-6-1-2-9(13)7(3-6)11(5-14)8-4-10(8)16-15-11/h1-3,8,10,15H,4-5H2/t8?,10-,11-/m1/s1. The zero-order chi connectivity index (χ0) is 11.3. The fourth-order valence-electron chi connectivity index (χ4n) is 2.37. The second-order valence-electron chi connectivity index (χ2n) is 4.33. The molecule has 1 heterocycles. The molecule has 3 atom stereocenters. The van der Waals surface area contributed by atoms with Gasteiger partial charge in [-0.3, -0.25) is 4.84 Å². The van der Waals surface area contributed by atoms with Crippen molar-refractivity contribution in [2.24, 2.45) is 5.92 Å². The molecule has 1 aromatic carbocycles. The van der Waals surface area contributed by atoms with Gasteiger partial charge in [-0.15, -0.1) is 0 Å². The molecule has 5 heteroatoms. The van der Waals surface area contributed by atoms with Crippen molar-refractivity contribution in [3.05, 3.63) is 33.3 Å². The van der Waals surface area contributed by atoms with Gasteiger partial charge in [0.15, 0.2) is 0 Å². The quantitative estimate of drug-likeness (QED) is 0.906. The van der Waals surface area contributed by atoms with Crippen LogP contribution in [0.5, 0.6) is 0 Å². The molecular weight excluding hydrogens is 296 g/mol. The van der Waals surface area contributed by atoms with Crippen LogP contribution in [-0.2, 0) is 10.4 Å². The molecule has 0 amide bonds. The molecule has 0 aromatic heterocycles. The van der Waals surface area contributed by atoms with Gasteiger partial charge in [0.25, 0.3) is 0 Å². The number of rotatable bonds is 2. The van der Waals surface area contributed by atoms with Gasteiger partial charge in [0.1, 0.15) is 12.2 Å². The van der Waals surface area contributed by atoms with Crippen molar-refractivity contribution in [2.75, 3.05) is 6.67 Å². The third-order valence-corrected chi connectivity index (χ3v) is 4.20. The Balaban J connectivity index is 2.09. The zero-order valence-electron chi connectivity index (χ0n) is 8.34. The van der Waals surface area contributed by atoms with Crippen molar-refractivity contribution < 1.29 is 9.23 Å². The van der Waals surface area contributed by atoms with Crippen LogP contribution in [0.4, 0.5) is 4.39 Å². The number of halogens is 3. The molecule has 16 heavy (non-hydrogen) atoms. The molecule has 3 rings (SSSR count). The van der Waals surface area contributed by atoms with Gasteiger partial charge >= 0.3 is 0 Å². The van der Waals surface area contributed by atoms with E-state index in [0.717, 1.165) is 16.5 Å². The Bertz CT molecular complexity index is 444. The lowest BCUT2D eigenvalue weighted by Gasteiger charge is -2.28. The molecule has 2 aliphatic rings. The van der Waals surface area contributed by atoms with Crippen LogP contribution in [0.15, 0.2) is 22.7 Å². The topological polar surface area (TPSA) is 21.3 Å². The Hall–Kier alpha value is -0.160. The van der Waals surface area contributed by atoms with E-state index >= 15 is 0 Å². The minimum absolute atomic E-state index is 0.144. The lowest BCUT2D eigenvalue weighted by molar-refractivity contribution is 0.00844. The molecule has 2 fully saturated rings. The molecule has 1 unspecified atom stereocenters. The minimum Gasteiger partial charge on any atom is -0.297 e. The Kier molecular flexibility index (Phi) is 2.51. The summed E-state index contributed by atoms with van der Waals surface area (Å²) in [5.41, 5.74) is 2.84. The van der Waals surface area contributed by atoms with E-state index in [9.17, 15) is 4.39 Å². The van der Waals surface area contributed by atoms with Gasteiger partial charge in [-0.25, -0.2) is 4.39 Å². The summed E-state index contributed by atoms with van der Waals surface area (Å²) in [4.78, 5) is 5.32. The number of hydroxylamine groups is 1. The first-order valence-electron chi connectivity index (χ1n) is 5.12. The van der Waals surface area contributed by atoms with E-state index in [1.54, 1.807) is 6.07 Å². The molecule has 1 N–H and O–H groups in total. The largest absolute Gasteiger partial charge is 0.297 e. The Labute approximate surface area is 106 Å². The van der Waals surface area contributed by atoms with Crippen molar-refractivity contribution in [3.63, 3.8) is 0 Å².